The van der Waals surface area contributed by atoms with Crippen molar-refractivity contribution < 1.29 is 9.90 Å². The average molecular weight is 225 g/mol. The van der Waals surface area contributed by atoms with Gasteiger partial charge in [0.1, 0.15) is 0 Å². The molecular weight excluding hydrogens is 202 g/mol. The summed E-state index contributed by atoms with van der Waals surface area (Å²) in [4.78, 5) is 10.9. The molecule has 16 heavy (non-hydrogen) atoms. The molecule has 0 saturated carbocycles. The second kappa shape index (κ2) is 7.44. The minimum absolute atomic E-state index is 0.118. The SMILES string of the molecule is CCCCCCC(O)/C=C/C1CCC(=O)N1. The summed E-state index contributed by atoms with van der Waals surface area (Å²) in [6.07, 6.45) is 10.4. The van der Waals surface area contributed by atoms with Crippen LogP contribution in [0.25, 0.3) is 0 Å². The van der Waals surface area contributed by atoms with Gasteiger partial charge in [-0.25, -0.2) is 0 Å². The van der Waals surface area contributed by atoms with Gasteiger partial charge in [0.15, 0.2) is 0 Å². The monoisotopic (exact) mass is 225 g/mol. The van der Waals surface area contributed by atoms with Gasteiger partial charge in [0.25, 0.3) is 0 Å². The van der Waals surface area contributed by atoms with Gasteiger partial charge in [0.2, 0.25) is 5.91 Å². The maximum atomic E-state index is 10.9. The van der Waals surface area contributed by atoms with Crippen molar-refractivity contribution in [2.24, 2.45) is 0 Å². The van der Waals surface area contributed by atoms with Crippen LogP contribution in [0.5, 0.6) is 0 Å². The molecule has 3 nitrogen and oxygen atoms in total. The molecule has 1 rings (SSSR count). The van der Waals surface area contributed by atoms with Crippen LogP contribution < -0.4 is 5.32 Å². The first-order valence-electron chi connectivity index (χ1n) is 6.38. The largest absolute Gasteiger partial charge is 0.389 e. The lowest BCUT2D eigenvalue weighted by molar-refractivity contribution is -0.119. The molecule has 0 aliphatic carbocycles. The van der Waals surface area contributed by atoms with Gasteiger partial charge in [0.05, 0.1) is 6.10 Å². The van der Waals surface area contributed by atoms with Gasteiger partial charge in [-0.15, -0.1) is 0 Å². The second-order valence-electron chi connectivity index (χ2n) is 4.51. The predicted octanol–water partition coefficient (Wildman–Crippen LogP) is 2.15. The summed E-state index contributed by atoms with van der Waals surface area (Å²) in [6.45, 7) is 2.18. The van der Waals surface area contributed by atoms with Gasteiger partial charge in [0, 0.05) is 12.5 Å². The van der Waals surface area contributed by atoms with Gasteiger partial charge in [-0.3, -0.25) is 4.79 Å². The van der Waals surface area contributed by atoms with Crippen LogP contribution in [0.4, 0.5) is 0 Å². The Kier molecular flexibility index (Phi) is 6.16. The summed E-state index contributed by atoms with van der Waals surface area (Å²) in [5, 5.41) is 12.5. The van der Waals surface area contributed by atoms with Crippen molar-refractivity contribution in [2.75, 3.05) is 0 Å². The summed E-state index contributed by atoms with van der Waals surface area (Å²) in [7, 11) is 0. The first-order valence-corrected chi connectivity index (χ1v) is 6.38. The van der Waals surface area contributed by atoms with E-state index in [4.69, 9.17) is 0 Å². The van der Waals surface area contributed by atoms with Crippen molar-refractivity contribution in [1.82, 2.24) is 5.32 Å². The number of hydrogen-bond donors (Lipinski definition) is 2. The maximum Gasteiger partial charge on any atom is 0.220 e. The molecule has 3 heteroatoms. The van der Waals surface area contributed by atoms with Crippen molar-refractivity contribution >= 4 is 5.91 Å². The highest BCUT2D eigenvalue weighted by Crippen LogP contribution is 2.10. The zero-order valence-electron chi connectivity index (χ0n) is 10.1. The topological polar surface area (TPSA) is 49.3 Å². The van der Waals surface area contributed by atoms with Gasteiger partial charge in [-0.05, 0) is 12.8 Å². The fourth-order valence-electron chi connectivity index (χ4n) is 1.92. The van der Waals surface area contributed by atoms with Crippen molar-refractivity contribution in [2.45, 2.75) is 64.0 Å². The lowest BCUT2D eigenvalue weighted by atomic mass is 10.1. The minimum atomic E-state index is -0.352. The van der Waals surface area contributed by atoms with Gasteiger partial charge in [-0.2, -0.15) is 0 Å². The molecule has 0 spiro atoms. The summed E-state index contributed by atoms with van der Waals surface area (Å²) >= 11 is 0. The van der Waals surface area contributed by atoms with Gasteiger partial charge >= 0.3 is 0 Å². The molecule has 2 atom stereocenters. The Morgan fingerprint density at radius 1 is 1.50 bits per heavy atom. The van der Waals surface area contributed by atoms with Crippen molar-refractivity contribution in [3.05, 3.63) is 12.2 Å². The first kappa shape index (κ1) is 13.2. The van der Waals surface area contributed by atoms with E-state index in [2.05, 4.69) is 12.2 Å². The molecule has 1 aliphatic heterocycles. The van der Waals surface area contributed by atoms with Crippen LogP contribution in [0.15, 0.2) is 12.2 Å². The number of unbranched alkanes of at least 4 members (excludes halogenated alkanes) is 3. The standard InChI is InChI=1S/C13H23NO2/c1-2-3-4-5-6-12(15)9-7-11-8-10-13(16)14-11/h7,9,11-12,15H,2-6,8,10H2,1H3,(H,14,16)/b9-7+. The van der Waals surface area contributed by atoms with E-state index >= 15 is 0 Å². The normalized spacial score (nSPS) is 22.6. The van der Waals surface area contributed by atoms with Crippen LogP contribution in [0, 0.1) is 0 Å². The van der Waals surface area contributed by atoms with Crippen molar-refractivity contribution in [3.63, 3.8) is 0 Å². The van der Waals surface area contributed by atoms with E-state index in [0.29, 0.717) is 6.42 Å². The fraction of sp³-hybridized carbons (Fsp3) is 0.769. The lowest BCUT2D eigenvalue weighted by Gasteiger charge is -2.07. The molecule has 1 saturated heterocycles. The number of hydrogen-bond acceptors (Lipinski definition) is 2. The molecule has 1 heterocycles. The van der Waals surface area contributed by atoms with E-state index in [0.717, 1.165) is 19.3 Å². The Bertz CT molecular complexity index is 238. The highest BCUT2D eigenvalue weighted by molar-refractivity contribution is 5.78. The third kappa shape index (κ3) is 5.31. The molecule has 0 aromatic rings. The maximum absolute atomic E-state index is 10.9. The molecule has 1 fully saturated rings. The quantitative estimate of drug-likeness (QED) is 0.515. The Morgan fingerprint density at radius 2 is 2.31 bits per heavy atom. The molecular formula is C13H23NO2. The number of carbonyl (C=O) groups excluding carboxylic acids is 1. The predicted molar refractivity (Wildman–Crippen MR) is 65.1 cm³/mol. The van der Waals surface area contributed by atoms with Crippen LogP contribution in [0.2, 0.25) is 0 Å². The molecule has 2 unspecified atom stereocenters. The van der Waals surface area contributed by atoms with Crippen LogP contribution in [0.3, 0.4) is 0 Å². The zero-order valence-corrected chi connectivity index (χ0v) is 10.1. The number of amides is 1. The summed E-state index contributed by atoms with van der Waals surface area (Å²) < 4.78 is 0. The van der Waals surface area contributed by atoms with Crippen molar-refractivity contribution in [1.29, 1.82) is 0 Å². The van der Waals surface area contributed by atoms with Crippen LogP contribution >= 0.6 is 0 Å². The third-order valence-corrected chi connectivity index (χ3v) is 2.95. The molecule has 1 aliphatic rings. The molecule has 0 aromatic heterocycles. The summed E-state index contributed by atoms with van der Waals surface area (Å²) in [6, 6.07) is 0.137. The highest BCUT2D eigenvalue weighted by atomic mass is 16.3. The van der Waals surface area contributed by atoms with E-state index in [1.165, 1.54) is 19.3 Å². The zero-order chi connectivity index (χ0) is 11.8. The van der Waals surface area contributed by atoms with Crippen LogP contribution in [-0.2, 0) is 4.79 Å². The number of aliphatic hydroxyl groups is 1. The van der Waals surface area contributed by atoms with E-state index in [9.17, 15) is 9.90 Å². The molecule has 0 aromatic carbocycles. The van der Waals surface area contributed by atoms with Gasteiger partial charge in [-0.1, -0.05) is 44.8 Å². The average Bonchev–Trinajstić information content (AvgIpc) is 2.68. The fourth-order valence-corrected chi connectivity index (χ4v) is 1.92. The number of carbonyl (C=O) groups is 1. The van der Waals surface area contributed by atoms with Crippen LogP contribution in [-0.4, -0.2) is 23.2 Å². The first-order chi connectivity index (χ1) is 7.72. The Morgan fingerprint density at radius 3 is 2.94 bits per heavy atom. The Hall–Kier alpha value is -0.830. The Balaban J connectivity index is 2.10. The number of aliphatic hydroxyl groups excluding tert-OH is 1. The number of rotatable bonds is 7. The van der Waals surface area contributed by atoms with E-state index in [1.54, 1.807) is 0 Å². The van der Waals surface area contributed by atoms with E-state index in [-0.39, 0.29) is 18.1 Å². The minimum Gasteiger partial charge on any atom is -0.389 e. The molecule has 92 valence electrons. The van der Waals surface area contributed by atoms with Gasteiger partial charge < -0.3 is 10.4 Å². The van der Waals surface area contributed by atoms with E-state index in [1.807, 2.05) is 12.2 Å². The third-order valence-electron chi connectivity index (χ3n) is 2.95. The molecule has 0 radical (unpaired) electrons. The second-order valence-corrected chi connectivity index (χ2v) is 4.51. The van der Waals surface area contributed by atoms with E-state index < -0.39 is 0 Å². The Labute approximate surface area is 97.9 Å². The summed E-state index contributed by atoms with van der Waals surface area (Å²) in [5.41, 5.74) is 0. The highest BCUT2D eigenvalue weighted by Gasteiger charge is 2.17. The van der Waals surface area contributed by atoms with Crippen LogP contribution in [0.1, 0.15) is 51.9 Å². The summed E-state index contributed by atoms with van der Waals surface area (Å²) in [5.74, 6) is 0.118. The van der Waals surface area contributed by atoms with Crippen molar-refractivity contribution in [3.8, 4) is 0 Å². The molecule has 2 N–H and O–H groups in total. The smallest absolute Gasteiger partial charge is 0.220 e. The number of nitrogens with one attached hydrogen (secondary N) is 1. The lowest BCUT2D eigenvalue weighted by Crippen LogP contribution is -2.23. The molecule has 0 bridgehead atoms. The molecule has 1 amide bonds.